The van der Waals surface area contributed by atoms with E-state index in [0.717, 1.165) is 35.5 Å². The summed E-state index contributed by atoms with van der Waals surface area (Å²) in [5, 5.41) is 0. The Bertz CT molecular complexity index is 841. The van der Waals surface area contributed by atoms with Crippen LogP contribution < -0.4 is 0 Å². The highest BCUT2D eigenvalue weighted by Crippen LogP contribution is 2.20. The molecular weight excluding hydrogens is 492 g/mol. The summed E-state index contributed by atoms with van der Waals surface area (Å²) in [6.45, 7) is 8.09. The molecule has 0 fully saturated rings. The Morgan fingerprint density at radius 2 is 0.868 bits per heavy atom. The van der Waals surface area contributed by atoms with Crippen molar-refractivity contribution in [3.05, 3.63) is 24.3 Å². The Morgan fingerprint density at radius 1 is 0.579 bits per heavy atom. The normalized spacial score (nSPS) is 16.8. The van der Waals surface area contributed by atoms with E-state index < -0.39 is 47.7 Å². The second-order valence-electron chi connectivity index (χ2n) is 10.5. The van der Waals surface area contributed by atoms with Crippen LogP contribution in [-0.2, 0) is 38.2 Å². The fourth-order valence-corrected chi connectivity index (χ4v) is 4.39. The lowest BCUT2D eigenvalue weighted by molar-refractivity contribution is -0.158. The van der Waals surface area contributed by atoms with Gasteiger partial charge in [-0.1, -0.05) is 53.4 Å². The van der Waals surface area contributed by atoms with Gasteiger partial charge in [0.2, 0.25) is 0 Å². The Labute approximate surface area is 224 Å². The zero-order chi connectivity index (χ0) is 28.2. The summed E-state index contributed by atoms with van der Waals surface area (Å²) in [5.74, 6) is -2.87. The van der Waals surface area contributed by atoms with E-state index in [1.807, 2.05) is 27.7 Å². The first-order valence-electron chi connectivity index (χ1n) is 13.5. The molecule has 0 bridgehead atoms. The number of esters is 2. The van der Waals surface area contributed by atoms with Crippen LogP contribution in [0.5, 0.6) is 0 Å². The molecule has 38 heavy (non-hydrogen) atoms. The van der Waals surface area contributed by atoms with Gasteiger partial charge in [0.15, 0.2) is 0 Å². The Hall–Kier alpha value is -3.30. The van der Waals surface area contributed by atoms with Crippen molar-refractivity contribution < 1.29 is 38.2 Å². The number of carbonyl (C=O) groups excluding carboxylic acids is 6. The predicted molar refractivity (Wildman–Crippen MR) is 138 cm³/mol. The van der Waals surface area contributed by atoms with Crippen LogP contribution in [0, 0.1) is 11.8 Å². The second kappa shape index (κ2) is 15.2. The zero-order valence-corrected chi connectivity index (χ0v) is 22.9. The van der Waals surface area contributed by atoms with Gasteiger partial charge >= 0.3 is 11.9 Å². The van der Waals surface area contributed by atoms with Gasteiger partial charge in [0.25, 0.3) is 23.6 Å². The molecule has 0 aromatic carbocycles. The highest BCUT2D eigenvalue weighted by atomic mass is 16.5. The summed E-state index contributed by atoms with van der Waals surface area (Å²) in [4.78, 5) is 75.0. The molecule has 2 heterocycles. The lowest BCUT2D eigenvalue weighted by Crippen LogP contribution is -2.46. The zero-order valence-electron chi connectivity index (χ0n) is 22.9. The van der Waals surface area contributed by atoms with Crippen molar-refractivity contribution in [1.29, 1.82) is 0 Å². The topological polar surface area (TPSA) is 127 Å². The van der Waals surface area contributed by atoms with Gasteiger partial charge in [0.1, 0.15) is 12.1 Å². The van der Waals surface area contributed by atoms with Crippen molar-refractivity contribution in [3.63, 3.8) is 0 Å². The van der Waals surface area contributed by atoms with Crippen LogP contribution in [0.25, 0.3) is 0 Å². The van der Waals surface area contributed by atoms with Crippen LogP contribution in [0.15, 0.2) is 24.3 Å². The summed E-state index contributed by atoms with van der Waals surface area (Å²) in [6.07, 6.45) is 10.2. The third-order valence-corrected chi connectivity index (χ3v) is 6.27. The minimum atomic E-state index is -0.911. The molecule has 0 aliphatic carbocycles. The van der Waals surface area contributed by atoms with E-state index in [1.54, 1.807) is 0 Å². The highest BCUT2D eigenvalue weighted by Gasteiger charge is 2.38. The maximum absolute atomic E-state index is 12.6. The molecule has 4 amide bonds. The third-order valence-electron chi connectivity index (χ3n) is 6.27. The monoisotopic (exact) mass is 532 g/mol. The lowest BCUT2D eigenvalue weighted by atomic mass is 10.0. The minimum Gasteiger partial charge on any atom is -0.464 e. The van der Waals surface area contributed by atoms with Crippen molar-refractivity contribution in [2.75, 3.05) is 13.2 Å². The second-order valence-corrected chi connectivity index (χ2v) is 10.5. The Balaban J connectivity index is 1.61. The fraction of sp³-hybridized carbons (Fsp3) is 0.643. The van der Waals surface area contributed by atoms with Crippen LogP contribution >= 0.6 is 0 Å². The van der Waals surface area contributed by atoms with E-state index in [4.69, 9.17) is 9.47 Å². The molecular formula is C28H40N2O8. The molecule has 2 aliphatic rings. The van der Waals surface area contributed by atoms with Crippen LogP contribution in [0.3, 0.4) is 0 Å². The first-order valence-corrected chi connectivity index (χ1v) is 13.5. The third kappa shape index (κ3) is 9.22. The largest absolute Gasteiger partial charge is 0.464 e. The van der Waals surface area contributed by atoms with Crippen molar-refractivity contribution in [2.45, 2.75) is 91.1 Å². The average molecular weight is 533 g/mol. The molecule has 210 valence electrons. The predicted octanol–water partition coefficient (Wildman–Crippen LogP) is 3.09. The van der Waals surface area contributed by atoms with Crippen LogP contribution in [0.1, 0.15) is 79.1 Å². The van der Waals surface area contributed by atoms with Gasteiger partial charge in [-0.05, 0) is 37.5 Å². The summed E-state index contributed by atoms with van der Waals surface area (Å²) < 4.78 is 10.7. The van der Waals surface area contributed by atoms with E-state index in [1.165, 1.54) is 24.3 Å². The quantitative estimate of drug-likeness (QED) is 0.159. The van der Waals surface area contributed by atoms with E-state index >= 15 is 0 Å². The Kier molecular flexibility index (Phi) is 12.4. The number of hydrogen-bond acceptors (Lipinski definition) is 8. The van der Waals surface area contributed by atoms with Crippen molar-refractivity contribution in [2.24, 2.45) is 11.8 Å². The molecule has 2 rings (SSSR count). The van der Waals surface area contributed by atoms with Crippen LogP contribution in [0.2, 0.25) is 0 Å². The molecule has 2 atom stereocenters. The van der Waals surface area contributed by atoms with Gasteiger partial charge in [0.05, 0.1) is 13.2 Å². The molecule has 10 heteroatoms. The molecule has 0 spiro atoms. The number of carbonyl (C=O) groups is 6. The molecule has 0 saturated carbocycles. The first kappa shape index (κ1) is 30.9. The van der Waals surface area contributed by atoms with Gasteiger partial charge in [-0.25, -0.2) is 9.59 Å². The molecule has 2 aliphatic heterocycles. The lowest BCUT2D eigenvalue weighted by Gasteiger charge is -2.26. The SMILES string of the molecule is CC(C)CC(C(=O)OCCCCCCCCOC(=O)C(CC(C)C)N1C(=O)C=CC1=O)N1C(=O)C=CC1=O. The fourth-order valence-electron chi connectivity index (χ4n) is 4.39. The van der Waals surface area contributed by atoms with Crippen molar-refractivity contribution in [1.82, 2.24) is 9.80 Å². The van der Waals surface area contributed by atoms with E-state index in [2.05, 4.69) is 0 Å². The van der Waals surface area contributed by atoms with Crippen molar-refractivity contribution >= 4 is 35.6 Å². The number of unbranched alkanes of at least 4 members (excludes halogenated alkanes) is 5. The maximum atomic E-state index is 12.6. The number of ether oxygens (including phenoxy) is 2. The summed E-state index contributed by atoms with van der Waals surface area (Å²) in [5.41, 5.74) is 0. The maximum Gasteiger partial charge on any atom is 0.329 e. The molecule has 2 unspecified atom stereocenters. The standard InChI is InChI=1S/C28H40N2O8/c1-19(2)17-21(29-23(31)11-12-24(29)32)27(35)37-15-9-7-5-6-8-10-16-38-28(36)22(18-20(3)4)30-25(33)13-14-26(30)34/h11-14,19-22H,5-10,15-18H2,1-4H3. The van der Waals surface area contributed by atoms with Gasteiger partial charge in [-0.15, -0.1) is 0 Å². The number of hydrogen-bond donors (Lipinski definition) is 0. The van der Waals surface area contributed by atoms with E-state index in [9.17, 15) is 28.8 Å². The summed E-state index contributed by atoms with van der Waals surface area (Å²) in [7, 11) is 0. The van der Waals surface area contributed by atoms with E-state index in [-0.39, 0.29) is 25.0 Å². The molecule has 0 saturated heterocycles. The summed E-state index contributed by atoms with van der Waals surface area (Å²) >= 11 is 0. The molecule has 10 nitrogen and oxygen atoms in total. The highest BCUT2D eigenvalue weighted by molar-refractivity contribution is 6.15. The minimum absolute atomic E-state index is 0.108. The average Bonchev–Trinajstić information content (AvgIpc) is 3.36. The number of imide groups is 2. The van der Waals surface area contributed by atoms with E-state index in [0.29, 0.717) is 25.7 Å². The van der Waals surface area contributed by atoms with Crippen LogP contribution in [0.4, 0.5) is 0 Å². The number of nitrogens with zero attached hydrogens (tertiary/aromatic N) is 2. The van der Waals surface area contributed by atoms with Crippen molar-refractivity contribution in [3.8, 4) is 0 Å². The molecule has 0 N–H and O–H groups in total. The molecule has 0 aromatic rings. The first-order chi connectivity index (χ1) is 18.0. The summed E-state index contributed by atoms with van der Waals surface area (Å²) in [6, 6.07) is -1.82. The van der Waals surface area contributed by atoms with Gasteiger partial charge in [-0.2, -0.15) is 0 Å². The Morgan fingerprint density at radius 3 is 1.16 bits per heavy atom. The smallest absolute Gasteiger partial charge is 0.329 e. The van der Waals surface area contributed by atoms with Crippen LogP contribution in [-0.4, -0.2) is 70.7 Å². The molecule has 0 radical (unpaired) electrons. The van der Waals surface area contributed by atoms with Gasteiger partial charge in [0, 0.05) is 24.3 Å². The number of amides is 4. The van der Waals surface area contributed by atoms with Gasteiger partial charge < -0.3 is 9.47 Å². The molecule has 0 aromatic heterocycles. The van der Waals surface area contributed by atoms with Gasteiger partial charge in [-0.3, -0.25) is 29.0 Å². The number of rotatable bonds is 17.